The molecule has 0 spiro atoms. The first-order valence-corrected chi connectivity index (χ1v) is 3.90. The Morgan fingerprint density at radius 1 is 1.33 bits per heavy atom. The van der Waals surface area contributed by atoms with Gasteiger partial charge in [-0.05, 0) is 0 Å². The molecule has 0 saturated heterocycles. The highest BCUT2D eigenvalue weighted by molar-refractivity contribution is 5.46. The van der Waals surface area contributed by atoms with E-state index in [1.807, 2.05) is 5.10 Å². The summed E-state index contributed by atoms with van der Waals surface area (Å²) in [5.74, 6) is 0.223. The van der Waals surface area contributed by atoms with Crippen LogP contribution in [0.15, 0.2) is 10.5 Å². The molecule has 5 nitrogen and oxygen atoms in total. The first-order valence-electron chi connectivity index (χ1n) is 3.90. The average molecular weight is 218 g/mol. The van der Waals surface area contributed by atoms with E-state index >= 15 is 0 Å². The van der Waals surface area contributed by atoms with Crippen molar-refractivity contribution in [2.75, 3.05) is 0 Å². The topological polar surface area (TPSA) is 67.6 Å². The lowest BCUT2D eigenvalue weighted by atomic mass is 10.3. The van der Waals surface area contributed by atoms with Gasteiger partial charge in [-0.3, -0.25) is 5.10 Å². The number of hydrogen-bond donors (Lipinski definition) is 1. The second-order valence-electron chi connectivity index (χ2n) is 2.79. The van der Waals surface area contributed by atoms with Gasteiger partial charge >= 0.3 is 6.18 Å². The highest BCUT2D eigenvalue weighted by atomic mass is 19.4. The number of nitrogens with one attached hydrogen (secondary N) is 1. The summed E-state index contributed by atoms with van der Waals surface area (Å²) in [6, 6.07) is 0.812. The number of aromatic nitrogens is 4. The summed E-state index contributed by atoms with van der Waals surface area (Å²) in [5, 5.41) is 12.3. The monoisotopic (exact) mass is 218 g/mol. The number of rotatable bonds is 1. The molecule has 80 valence electrons. The Morgan fingerprint density at radius 2 is 2.07 bits per heavy atom. The lowest BCUT2D eigenvalue weighted by Crippen LogP contribution is -2.04. The molecule has 8 heteroatoms. The molecule has 0 bridgehead atoms. The molecule has 2 aromatic rings. The molecule has 2 heterocycles. The largest absolute Gasteiger partial charge is 0.432 e. The van der Waals surface area contributed by atoms with Crippen molar-refractivity contribution in [2.45, 2.75) is 13.1 Å². The molecular weight excluding hydrogens is 213 g/mol. The van der Waals surface area contributed by atoms with Gasteiger partial charge < -0.3 is 4.42 Å². The Balaban J connectivity index is 2.36. The number of halogens is 3. The van der Waals surface area contributed by atoms with Crippen molar-refractivity contribution in [3.05, 3.63) is 17.7 Å². The van der Waals surface area contributed by atoms with Crippen LogP contribution in [-0.2, 0) is 6.18 Å². The van der Waals surface area contributed by atoms with Crippen molar-refractivity contribution in [1.82, 2.24) is 20.4 Å². The van der Waals surface area contributed by atoms with Crippen molar-refractivity contribution in [3.8, 4) is 11.6 Å². The Hall–Kier alpha value is -1.86. The zero-order chi connectivity index (χ0) is 11.1. The fourth-order valence-corrected chi connectivity index (χ4v) is 0.977. The van der Waals surface area contributed by atoms with Gasteiger partial charge in [0.15, 0.2) is 0 Å². The molecule has 0 aliphatic rings. The van der Waals surface area contributed by atoms with Crippen LogP contribution in [0.5, 0.6) is 0 Å². The second kappa shape index (κ2) is 3.07. The van der Waals surface area contributed by atoms with E-state index in [4.69, 9.17) is 4.42 Å². The fraction of sp³-hybridized carbons (Fsp3) is 0.286. The van der Waals surface area contributed by atoms with Gasteiger partial charge in [-0.25, -0.2) is 0 Å². The van der Waals surface area contributed by atoms with E-state index in [2.05, 4.69) is 15.3 Å². The van der Waals surface area contributed by atoms with Crippen LogP contribution in [0.3, 0.4) is 0 Å². The van der Waals surface area contributed by atoms with E-state index in [9.17, 15) is 13.2 Å². The highest BCUT2D eigenvalue weighted by Crippen LogP contribution is 2.29. The first-order chi connectivity index (χ1) is 6.97. The Kier molecular flexibility index (Phi) is 1.98. The van der Waals surface area contributed by atoms with Crippen molar-refractivity contribution >= 4 is 0 Å². The molecular formula is C7H5F3N4O. The SMILES string of the molecule is Cc1nnc(-c2cc(C(F)(F)F)[nH]n2)o1. The Bertz CT molecular complexity index is 473. The number of alkyl halides is 3. The minimum atomic E-state index is -4.46. The molecule has 0 aliphatic carbocycles. The molecule has 0 fully saturated rings. The van der Waals surface area contributed by atoms with Crippen LogP contribution >= 0.6 is 0 Å². The van der Waals surface area contributed by atoms with Crippen molar-refractivity contribution in [3.63, 3.8) is 0 Å². The van der Waals surface area contributed by atoms with E-state index in [-0.39, 0.29) is 17.5 Å². The van der Waals surface area contributed by atoms with Crippen LogP contribution in [0.2, 0.25) is 0 Å². The van der Waals surface area contributed by atoms with Gasteiger partial charge in [0.25, 0.3) is 5.89 Å². The highest BCUT2D eigenvalue weighted by Gasteiger charge is 2.33. The maximum atomic E-state index is 12.2. The van der Waals surface area contributed by atoms with E-state index < -0.39 is 11.9 Å². The predicted molar refractivity (Wildman–Crippen MR) is 41.6 cm³/mol. The van der Waals surface area contributed by atoms with Crippen LogP contribution in [0.25, 0.3) is 11.6 Å². The minimum absolute atomic E-state index is 0.0251. The van der Waals surface area contributed by atoms with E-state index in [1.54, 1.807) is 0 Å². The summed E-state index contributed by atoms with van der Waals surface area (Å²) in [5.41, 5.74) is -0.976. The summed E-state index contributed by atoms with van der Waals surface area (Å²) < 4.78 is 41.5. The quantitative estimate of drug-likeness (QED) is 0.792. The maximum Gasteiger partial charge on any atom is 0.432 e. The van der Waals surface area contributed by atoms with Crippen LogP contribution < -0.4 is 0 Å². The van der Waals surface area contributed by atoms with Crippen LogP contribution in [-0.4, -0.2) is 20.4 Å². The van der Waals surface area contributed by atoms with Crippen molar-refractivity contribution in [2.24, 2.45) is 0 Å². The zero-order valence-electron chi connectivity index (χ0n) is 7.46. The molecule has 15 heavy (non-hydrogen) atoms. The van der Waals surface area contributed by atoms with Crippen LogP contribution in [0.1, 0.15) is 11.6 Å². The van der Waals surface area contributed by atoms with Crippen LogP contribution in [0.4, 0.5) is 13.2 Å². The number of aromatic amines is 1. The molecule has 0 atom stereocenters. The molecule has 0 aromatic carbocycles. The van der Waals surface area contributed by atoms with Crippen molar-refractivity contribution in [1.29, 1.82) is 0 Å². The Labute approximate surface area is 81.3 Å². The third kappa shape index (κ3) is 1.83. The van der Waals surface area contributed by atoms with Crippen molar-refractivity contribution < 1.29 is 17.6 Å². The normalized spacial score (nSPS) is 12.0. The van der Waals surface area contributed by atoms with Gasteiger partial charge in [0, 0.05) is 13.0 Å². The molecule has 0 amide bonds. The molecule has 0 radical (unpaired) electrons. The van der Waals surface area contributed by atoms with Crippen LogP contribution in [0, 0.1) is 6.92 Å². The zero-order valence-corrected chi connectivity index (χ0v) is 7.46. The third-order valence-corrected chi connectivity index (χ3v) is 1.63. The van der Waals surface area contributed by atoms with Gasteiger partial charge in [-0.15, -0.1) is 10.2 Å². The molecule has 1 N–H and O–H groups in total. The molecule has 2 rings (SSSR count). The lowest BCUT2D eigenvalue weighted by Gasteiger charge is -1.99. The summed E-state index contributed by atoms with van der Waals surface area (Å²) in [6.07, 6.45) is -4.46. The van der Waals surface area contributed by atoms with E-state index in [1.165, 1.54) is 6.92 Å². The minimum Gasteiger partial charge on any atom is -0.420 e. The van der Waals surface area contributed by atoms with Gasteiger partial charge in [-0.1, -0.05) is 0 Å². The third-order valence-electron chi connectivity index (χ3n) is 1.63. The summed E-state index contributed by atoms with van der Waals surface area (Å²) in [7, 11) is 0. The number of nitrogens with zero attached hydrogens (tertiary/aromatic N) is 3. The molecule has 2 aromatic heterocycles. The smallest absolute Gasteiger partial charge is 0.420 e. The molecule has 0 unspecified atom stereocenters. The molecule has 0 saturated carbocycles. The molecule has 0 aliphatic heterocycles. The van der Waals surface area contributed by atoms with E-state index in [0.717, 1.165) is 6.07 Å². The summed E-state index contributed by atoms with van der Waals surface area (Å²) in [4.78, 5) is 0. The second-order valence-corrected chi connectivity index (χ2v) is 2.79. The average Bonchev–Trinajstić information content (AvgIpc) is 2.69. The summed E-state index contributed by atoms with van der Waals surface area (Å²) >= 11 is 0. The van der Waals surface area contributed by atoms with Gasteiger partial charge in [0.05, 0.1) is 0 Å². The van der Waals surface area contributed by atoms with Gasteiger partial charge in [0.2, 0.25) is 5.89 Å². The fourth-order valence-electron chi connectivity index (χ4n) is 0.977. The number of aryl methyl sites for hydroxylation is 1. The summed E-state index contributed by atoms with van der Waals surface area (Å²) in [6.45, 7) is 1.54. The van der Waals surface area contributed by atoms with Gasteiger partial charge in [-0.2, -0.15) is 18.3 Å². The predicted octanol–water partition coefficient (Wildman–Crippen LogP) is 1.79. The Morgan fingerprint density at radius 3 is 2.53 bits per heavy atom. The lowest BCUT2D eigenvalue weighted by molar-refractivity contribution is -0.141. The number of H-pyrrole nitrogens is 1. The number of hydrogen-bond acceptors (Lipinski definition) is 4. The standard InChI is InChI=1S/C7H5F3N4O/c1-3-11-14-6(15-3)4-2-5(13-12-4)7(8,9)10/h2H,1H3,(H,12,13). The maximum absolute atomic E-state index is 12.2. The van der Waals surface area contributed by atoms with Gasteiger partial charge in [0.1, 0.15) is 11.4 Å². The first kappa shape index (κ1) is 9.69. The van der Waals surface area contributed by atoms with E-state index in [0.29, 0.717) is 0 Å².